The lowest BCUT2D eigenvalue weighted by molar-refractivity contribution is 0.0743. The van der Waals surface area contributed by atoms with Gasteiger partial charge >= 0.3 is 0 Å². The molecule has 1 aliphatic rings. The molecule has 1 aromatic heterocycles. The lowest BCUT2D eigenvalue weighted by atomic mass is 10.0. The third-order valence-electron chi connectivity index (χ3n) is 4.89. The zero-order chi connectivity index (χ0) is 17.9. The summed E-state index contributed by atoms with van der Waals surface area (Å²) in [5.41, 5.74) is 1.78. The minimum Gasteiger partial charge on any atom is -0.496 e. The highest BCUT2D eigenvalue weighted by Gasteiger charge is 2.24. The van der Waals surface area contributed by atoms with Crippen LogP contribution in [0.4, 0.5) is 5.69 Å². The van der Waals surface area contributed by atoms with Crippen LogP contribution in [0.25, 0.3) is 10.8 Å². The molecule has 1 amide bonds. The Morgan fingerprint density at radius 3 is 2.27 bits per heavy atom. The van der Waals surface area contributed by atoms with Gasteiger partial charge in [-0.3, -0.25) is 9.78 Å². The number of fused-ring (bicyclic) bond motifs is 1. The lowest BCUT2D eigenvalue weighted by Crippen LogP contribution is -2.48. The Bertz CT molecular complexity index is 919. The van der Waals surface area contributed by atoms with E-state index in [1.54, 1.807) is 19.5 Å². The molecule has 26 heavy (non-hydrogen) atoms. The van der Waals surface area contributed by atoms with E-state index in [4.69, 9.17) is 4.74 Å². The van der Waals surface area contributed by atoms with Gasteiger partial charge < -0.3 is 14.5 Å². The fourth-order valence-electron chi connectivity index (χ4n) is 3.45. The molecule has 0 aliphatic carbocycles. The largest absolute Gasteiger partial charge is 0.496 e. The van der Waals surface area contributed by atoms with Crippen molar-refractivity contribution in [1.29, 1.82) is 0 Å². The van der Waals surface area contributed by atoms with E-state index in [1.165, 1.54) is 0 Å². The van der Waals surface area contributed by atoms with Crippen LogP contribution < -0.4 is 9.64 Å². The van der Waals surface area contributed by atoms with Gasteiger partial charge in [0.15, 0.2) is 0 Å². The smallest absolute Gasteiger partial charge is 0.257 e. The fourth-order valence-corrected chi connectivity index (χ4v) is 3.45. The van der Waals surface area contributed by atoms with Crippen LogP contribution in [0.3, 0.4) is 0 Å². The van der Waals surface area contributed by atoms with Gasteiger partial charge in [0.2, 0.25) is 0 Å². The van der Waals surface area contributed by atoms with E-state index < -0.39 is 0 Å². The van der Waals surface area contributed by atoms with Gasteiger partial charge in [-0.25, -0.2) is 0 Å². The van der Waals surface area contributed by atoms with Crippen LogP contribution in [0.15, 0.2) is 60.9 Å². The van der Waals surface area contributed by atoms with E-state index in [0.29, 0.717) is 24.4 Å². The Balaban J connectivity index is 1.54. The summed E-state index contributed by atoms with van der Waals surface area (Å²) in [6, 6.07) is 15.9. The third kappa shape index (κ3) is 3.08. The Morgan fingerprint density at radius 1 is 0.962 bits per heavy atom. The van der Waals surface area contributed by atoms with E-state index in [0.717, 1.165) is 29.5 Å². The summed E-state index contributed by atoms with van der Waals surface area (Å²) in [4.78, 5) is 21.3. The minimum absolute atomic E-state index is 0.0296. The average Bonchev–Trinajstić information content (AvgIpc) is 2.73. The first-order valence-electron chi connectivity index (χ1n) is 8.77. The number of carbonyl (C=O) groups is 1. The number of piperazine rings is 1. The molecule has 5 nitrogen and oxygen atoms in total. The van der Waals surface area contributed by atoms with Gasteiger partial charge in [-0.1, -0.05) is 24.3 Å². The summed E-state index contributed by atoms with van der Waals surface area (Å²) in [5.74, 6) is 0.659. The number of aromatic nitrogens is 1. The van der Waals surface area contributed by atoms with Gasteiger partial charge in [-0.05, 0) is 35.0 Å². The predicted octanol–water partition coefficient (Wildman–Crippen LogP) is 3.21. The van der Waals surface area contributed by atoms with Crippen molar-refractivity contribution in [3.05, 3.63) is 66.5 Å². The molecule has 0 saturated carbocycles. The van der Waals surface area contributed by atoms with E-state index in [1.807, 2.05) is 53.4 Å². The van der Waals surface area contributed by atoms with Gasteiger partial charge in [0.25, 0.3) is 5.91 Å². The third-order valence-corrected chi connectivity index (χ3v) is 4.89. The number of rotatable bonds is 3. The van der Waals surface area contributed by atoms with Crippen molar-refractivity contribution in [2.45, 2.75) is 0 Å². The first-order valence-corrected chi connectivity index (χ1v) is 8.77. The minimum atomic E-state index is 0.0296. The quantitative estimate of drug-likeness (QED) is 0.730. The number of methoxy groups -OCH3 is 1. The maximum absolute atomic E-state index is 13.1. The SMILES string of the molecule is COc1cc2ccccc2cc1C(=O)N1CCN(c2ccncc2)CC1. The first kappa shape index (κ1) is 16.4. The highest BCUT2D eigenvalue weighted by Crippen LogP contribution is 2.27. The van der Waals surface area contributed by atoms with Gasteiger partial charge in [0.05, 0.1) is 12.7 Å². The van der Waals surface area contributed by atoms with Crippen LogP contribution in [0.1, 0.15) is 10.4 Å². The predicted molar refractivity (Wildman–Crippen MR) is 103 cm³/mol. The highest BCUT2D eigenvalue weighted by molar-refractivity contribution is 6.01. The zero-order valence-electron chi connectivity index (χ0n) is 14.8. The van der Waals surface area contributed by atoms with Crippen LogP contribution in [-0.4, -0.2) is 49.1 Å². The van der Waals surface area contributed by atoms with E-state index in [9.17, 15) is 4.79 Å². The van der Waals surface area contributed by atoms with Crippen LogP contribution in [0.2, 0.25) is 0 Å². The maximum Gasteiger partial charge on any atom is 0.257 e. The standard InChI is InChI=1S/C21H21N3O2/c1-26-20-15-17-5-3-2-4-16(17)14-19(20)21(25)24-12-10-23(11-13-24)18-6-8-22-9-7-18/h2-9,14-15H,10-13H2,1H3. The van der Waals surface area contributed by atoms with Crippen LogP contribution in [0, 0.1) is 0 Å². The van der Waals surface area contributed by atoms with Crippen LogP contribution in [-0.2, 0) is 0 Å². The molecule has 3 aromatic rings. The Labute approximate surface area is 152 Å². The van der Waals surface area contributed by atoms with Crippen molar-refractivity contribution in [2.75, 3.05) is 38.2 Å². The van der Waals surface area contributed by atoms with Crippen LogP contribution in [0.5, 0.6) is 5.75 Å². The number of hydrogen-bond acceptors (Lipinski definition) is 4. The summed E-state index contributed by atoms with van der Waals surface area (Å²) in [6.45, 7) is 3.01. The number of nitrogens with zero attached hydrogens (tertiary/aromatic N) is 3. The molecule has 1 saturated heterocycles. The van der Waals surface area contributed by atoms with Crippen molar-refractivity contribution in [3.8, 4) is 5.75 Å². The van der Waals surface area contributed by atoms with Crippen molar-refractivity contribution >= 4 is 22.4 Å². The highest BCUT2D eigenvalue weighted by atomic mass is 16.5. The zero-order valence-corrected chi connectivity index (χ0v) is 14.8. The molecule has 2 heterocycles. The Hall–Kier alpha value is -3.08. The molecular formula is C21H21N3O2. The van der Waals surface area contributed by atoms with E-state index in [2.05, 4.69) is 9.88 Å². The summed E-state index contributed by atoms with van der Waals surface area (Å²) < 4.78 is 5.49. The summed E-state index contributed by atoms with van der Waals surface area (Å²) in [7, 11) is 1.61. The first-order chi connectivity index (χ1) is 12.8. The van der Waals surface area contributed by atoms with Gasteiger partial charge in [-0.2, -0.15) is 0 Å². The molecular weight excluding hydrogens is 326 g/mol. The monoisotopic (exact) mass is 347 g/mol. The van der Waals surface area contributed by atoms with Crippen molar-refractivity contribution in [1.82, 2.24) is 9.88 Å². The second-order valence-corrected chi connectivity index (χ2v) is 6.38. The number of carbonyl (C=O) groups excluding carboxylic acids is 1. The number of anilines is 1. The molecule has 0 N–H and O–H groups in total. The van der Waals surface area contributed by atoms with Gasteiger partial charge in [0.1, 0.15) is 5.75 Å². The topological polar surface area (TPSA) is 45.7 Å². The van der Waals surface area contributed by atoms with Gasteiger partial charge in [-0.15, -0.1) is 0 Å². The van der Waals surface area contributed by atoms with E-state index in [-0.39, 0.29) is 5.91 Å². The number of ether oxygens (including phenoxy) is 1. The van der Waals surface area contributed by atoms with E-state index >= 15 is 0 Å². The molecule has 1 fully saturated rings. The molecule has 4 rings (SSSR count). The molecule has 0 radical (unpaired) electrons. The normalized spacial score (nSPS) is 14.5. The molecule has 0 spiro atoms. The maximum atomic E-state index is 13.1. The molecule has 0 atom stereocenters. The number of amides is 1. The summed E-state index contributed by atoms with van der Waals surface area (Å²) in [5, 5.41) is 2.12. The van der Waals surface area contributed by atoms with Crippen LogP contribution >= 0.6 is 0 Å². The average molecular weight is 347 g/mol. The van der Waals surface area contributed by atoms with Crippen molar-refractivity contribution < 1.29 is 9.53 Å². The van der Waals surface area contributed by atoms with Crippen molar-refractivity contribution in [2.24, 2.45) is 0 Å². The Kier molecular flexibility index (Phi) is 4.44. The summed E-state index contributed by atoms with van der Waals surface area (Å²) in [6.07, 6.45) is 3.60. The molecule has 132 valence electrons. The molecule has 0 bridgehead atoms. The van der Waals surface area contributed by atoms with Gasteiger partial charge in [0, 0.05) is 44.3 Å². The number of hydrogen-bond donors (Lipinski definition) is 0. The second-order valence-electron chi connectivity index (χ2n) is 6.38. The molecule has 5 heteroatoms. The van der Waals surface area contributed by atoms with Crippen molar-refractivity contribution in [3.63, 3.8) is 0 Å². The number of benzene rings is 2. The lowest BCUT2D eigenvalue weighted by Gasteiger charge is -2.36. The molecule has 2 aromatic carbocycles. The second kappa shape index (κ2) is 7.04. The number of pyridine rings is 1. The Morgan fingerprint density at radius 2 is 1.62 bits per heavy atom. The molecule has 0 unspecified atom stereocenters. The molecule has 1 aliphatic heterocycles. The summed E-state index contributed by atoms with van der Waals surface area (Å²) >= 11 is 0. The fraction of sp³-hybridized carbons (Fsp3) is 0.238.